The van der Waals surface area contributed by atoms with Crippen LogP contribution in [0.15, 0.2) is 30.3 Å². The Labute approximate surface area is 100 Å². The van der Waals surface area contributed by atoms with Crippen molar-refractivity contribution in [2.75, 3.05) is 13.2 Å². The molecular weight excluding hydrogens is 212 g/mol. The van der Waals surface area contributed by atoms with Crippen molar-refractivity contribution in [1.29, 1.82) is 0 Å². The summed E-state index contributed by atoms with van der Waals surface area (Å²) in [5.41, 5.74) is 0.992. The minimum Gasteiger partial charge on any atom is -0.385 e. The molecule has 3 heteroatoms. The largest absolute Gasteiger partial charge is 0.385 e. The standard InChI is InChI=1S/C11H15O2.Ti/c1-3-12-11(13-4-2)10-8-6-5-7-9-10;/h5-9H,3-4H2,1-2H3;/q-1;. The van der Waals surface area contributed by atoms with E-state index >= 15 is 0 Å². The molecule has 2 nitrogen and oxygen atoms in total. The van der Waals surface area contributed by atoms with E-state index in [1.807, 2.05) is 44.2 Å². The molecule has 1 aromatic rings. The van der Waals surface area contributed by atoms with Crippen molar-refractivity contribution in [3.05, 3.63) is 42.2 Å². The van der Waals surface area contributed by atoms with Crippen molar-refractivity contribution in [1.82, 2.24) is 0 Å². The smallest absolute Gasteiger partial charge is 0.0733 e. The topological polar surface area (TPSA) is 18.5 Å². The molecule has 0 aliphatic heterocycles. The Hall–Kier alpha value is -0.276. The van der Waals surface area contributed by atoms with Gasteiger partial charge in [-0.3, -0.25) is 0 Å². The van der Waals surface area contributed by atoms with Crippen molar-refractivity contribution in [2.45, 2.75) is 13.8 Å². The molecule has 0 saturated carbocycles. The zero-order valence-electron chi connectivity index (χ0n) is 8.62. The molecule has 76 valence electrons. The molecule has 0 unspecified atom stereocenters. The van der Waals surface area contributed by atoms with Crippen molar-refractivity contribution >= 4 is 0 Å². The normalized spacial score (nSPS) is 9.29. The minimum absolute atomic E-state index is 0. The Morgan fingerprint density at radius 2 is 1.50 bits per heavy atom. The summed E-state index contributed by atoms with van der Waals surface area (Å²) in [6, 6.07) is 9.85. The molecular formula is C11H15O2Ti-. The molecule has 0 aliphatic carbocycles. The van der Waals surface area contributed by atoms with E-state index in [0.717, 1.165) is 5.56 Å². The predicted octanol–water partition coefficient (Wildman–Crippen LogP) is 2.59. The SMILES string of the molecule is CCO[C-](OCC)c1ccccc1.[Ti]. The number of benzene rings is 1. The zero-order valence-corrected chi connectivity index (χ0v) is 10.2. The van der Waals surface area contributed by atoms with Gasteiger partial charge in [0.1, 0.15) is 0 Å². The van der Waals surface area contributed by atoms with Gasteiger partial charge in [-0.1, -0.05) is 6.07 Å². The molecule has 0 fully saturated rings. The second-order valence-corrected chi connectivity index (χ2v) is 2.52. The van der Waals surface area contributed by atoms with Gasteiger partial charge >= 0.3 is 0 Å². The van der Waals surface area contributed by atoms with E-state index in [1.54, 1.807) is 0 Å². The first kappa shape index (κ1) is 13.7. The number of hydrogen-bond donors (Lipinski definition) is 0. The Morgan fingerprint density at radius 3 is 1.93 bits per heavy atom. The maximum absolute atomic E-state index is 5.36. The van der Waals surface area contributed by atoms with Crippen molar-refractivity contribution in [3.63, 3.8) is 0 Å². The maximum atomic E-state index is 5.36. The van der Waals surface area contributed by atoms with E-state index in [-0.39, 0.29) is 21.7 Å². The van der Waals surface area contributed by atoms with Crippen molar-refractivity contribution in [3.8, 4) is 0 Å². The molecule has 0 spiro atoms. The molecule has 14 heavy (non-hydrogen) atoms. The number of ether oxygens (including phenoxy) is 2. The monoisotopic (exact) mass is 227 g/mol. The summed E-state index contributed by atoms with van der Waals surface area (Å²) in [5, 5.41) is 0. The van der Waals surface area contributed by atoms with Gasteiger partial charge in [-0.15, -0.1) is 17.7 Å². The average molecular weight is 227 g/mol. The molecule has 1 rings (SSSR count). The van der Waals surface area contributed by atoms with Crippen LogP contribution in [0.3, 0.4) is 0 Å². The van der Waals surface area contributed by atoms with Gasteiger partial charge in [0.05, 0.1) is 6.29 Å². The summed E-state index contributed by atoms with van der Waals surface area (Å²) in [7, 11) is 0. The van der Waals surface area contributed by atoms with E-state index in [1.165, 1.54) is 0 Å². The van der Waals surface area contributed by atoms with Crippen molar-refractivity contribution < 1.29 is 31.2 Å². The van der Waals surface area contributed by atoms with E-state index in [2.05, 4.69) is 0 Å². The van der Waals surface area contributed by atoms with Crippen LogP contribution >= 0.6 is 0 Å². The van der Waals surface area contributed by atoms with Gasteiger partial charge in [0.25, 0.3) is 0 Å². The summed E-state index contributed by atoms with van der Waals surface area (Å²) in [6.45, 7) is 5.15. The average Bonchev–Trinajstić information content (AvgIpc) is 2.19. The number of rotatable bonds is 5. The molecule has 0 bridgehead atoms. The molecule has 0 aliphatic rings. The summed E-state index contributed by atoms with van der Waals surface area (Å²) in [4.78, 5) is 0. The molecule has 0 saturated heterocycles. The number of hydrogen-bond acceptors (Lipinski definition) is 2. The van der Waals surface area contributed by atoms with Crippen LogP contribution < -0.4 is 0 Å². The molecule has 0 radical (unpaired) electrons. The van der Waals surface area contributed by atoms with Crippen LogP contribution in [0.5, 0.6) is 0 Å². The minimum atomic E-state index is 0. The van der Waals surface area contributed by atoms with E-state index in [9.17, 15) is 0 Å². The van der Waals surface area contributed by atoms with Crippen LogP contribution in [0.2, 0.25) is 0 Å². The Bertz CT molecular complexity index is 220. The molecule has 0 heterocycles. The molecule has 0 atom stereocenters. The van der Waals surface area contributed by atoms with E-state index in [4.69, 9.17) is 9.47 Å². The second kappa shape index (κ2) is 8.07. The van der Waals surface area contributed by atoms with E-state index < -0.39 is 0 Å². The molecule has 1 aromatic carbocycles. The summed E-state index contributed by atoms with van der Waals surface area (Å²) in [6.07, 6.45) is 0.616. The van der Waals surface area contributed by atoms with Crippen LogP contribution in [0.1, 0.15) is 19.4 Å². The molecule has 0 aromatic heterocycles. The van der Waals surface area contributed by atoms with Gasteiger partial charge < -0.3 is 9.47 Å². The first-order chi connectivity index (χ1) is 6.38. The Morgan fingerprint density at radius 1 is 1.00 bits per heavy atom. The summed E-state index contributed by atoms with van der Waals surface area (Å²) < 4.78 is 10.7. The summed E-state index contributed by atoms with van der Waals surface area (Å²) in [5.74, 6) is 0. The Balaban J connectivity index is 0.00000169. The van der Waals surface area contributed by atoms with Crippen molar-refractivity contribution in [2.24, 2.45) is 0 Å². The first-order valence-electron chi connectivity index (χ1n) is 4.56. The van der Waals surface area contributed by atoms with Gasteiger partial charge in [-0.2, -0.15) is 12.1 Å². The van der Waals surface area contributed by atoms with Gasteiger partial charge in [0, 0.05) is 34.9 Å². The molecule has 0 N–H and O–H groups in total. The van der Waals surface area contributed by atoms with Crippen LogP contribution in [0, 0.1) is 6.29 Å². The predicted molar refractivity (Wildman–Crippen MR) is 52.0 cm³/mol. The zero-order chi connectivity index (χ0) is 9.52. The van der Waals surface area contributed by atoms with Crippen LogP contribution in [-0.2, 0) is 31.2 Å². The van der Waals surface area contributed by atoms with E-state index in [0.29, 0.717) is 19.5 Å². The van der Waals surface area contributed by atoms with Gasteiger partial charge in [-0.25, -0.2) is 0 Å². The van der Waals surface area contributed by atoms with Crippen LogP contribution in [0.4, 0.5) is 0 Å². The fourth-order valence-electron chi connectivity index (χ4n) is 1.04. The van der Waals surface area contributed by atoms with Crippen LogP contribution in [0.25, 0.3) is 0 Å². The third-order valence-electron chi connectivity index (χ3n) is 1.56. The maximum Gasteiger partial charge on any atom is 0.0733 e. The first-order valence-corrected chi connectivity index (χ1v) is 4.56. The third kappa shape index (κ3) is 4.29. The quantitative estimate of drug-likeness (QED) is 0.568. The fraction of sp³-hybridized carbons (Fsp3) is 0.364. The molecule has 0 amide bonds. The van der Waals surface area contributed by atoms with Gasteiger partial charge in [-0.05, 0) is 13.8 Å². The summed E-state index contributed by atoms with van der Waals surface area (Å²) >= 11 is 0. The van der Waals surface area contributed by atoms with Gasteiger partial charge in [0.2, 0.25) is 0 Å². The fourth-order valence-corrected chi connectivity index (χ4v) is 1.04. The Kier molecular flexibility index (Phi) is 7.91. The van der Waals surface area contributed by atoms with Gasteiger partial charge in [0.15, 0.2) is 0 Å². The second-order valence-electron chi connectivity index (χ2n) is 2.52. The third-order valence-corrected chi connectivity index (χ3v) is 1.56. The van der Waals surface area contributed by atoms with Crippen LogP contribution in [-0.4, -0.2) is 13.2 Å².